The predicted octanol–water partition coefficient (Wildman–Crippen LogP) is 1.87. The van der Waals surface area contributed by atoms with Crippen molar-refractivity contribution < 1.29 is 39.5 Å². The Hall–Kier alpha value is -2.97. The van der Waals surface area contributed by atoms with Gasteiger partial charge < -0.3 is 30.4 Å². The average molecular weight is 485 g/mol. The summed E-state index contributed by atoms with van der Waals surface area (Å²) in [7, 11) is 0. The van der Waals surface area contributed by atoms with Crippen molar-refractivity contribution in [3.8, 4) is 5.75 Å². The first-order chi connectivity index (χ1) is 16.0. The summed E-state index contributed by atoms with van der Waals surface area (Å²) in [6.07, 6.45) is -2.32. The molecule has 190 valence electrons. The topological polar surface area (TPSA) is 204 Å². The van der Waals surface area contributed by atoms with Crippen LogP contribution in [0.5, 0.6) is 5.75 Å². The van der Waals surface area contributed by atoms with E-state index in [-0.39, 0.29) is 36.3 Å². The minimum Gasteiger partial charge on any atom is -0.479 e. The van der Waals surface area contributed by atoms with E-state index in [0.717, 1.165) is 12.5 Å². The van der Waals surface area contributed by atoms with Crippen molar-refractivity contribution in [3.05, 3.63) is 45.8 Å². The SMILES string of the molecule is CC(C)CCN(N)/C=C(\N)CC(OO)c1ccc(OC2CC(O)CC(C(=O)O)O2)c([N+](=O)[O-])c1. The normalized spacial score (nSPS) is 21.8. The minimum atomic E-state index is -1.29. The van der Waals surface area contributed by atoms with Crippen LogP contribution in [0.15, 0.2) is 30.1 Å². The van der Waals surface area contributed by atoms with Gasteiger partial charge in [0.15, 0.2) is 11.9 Å². The second-order valence-electron chi connectivity index (χ2n) is 8.54. The van der Waals surface area contributed by atoms with Crippen LogP contribution in [-0.2, 0) is 14.4 Å². The van der Waals surface area contributed by atoms with Gasteiger partial charge in [0.05, 0.1) is 11.0 Å². The van der Waals surface area contributed by atoms with Crippen molar-refractivity contribution in [2.45, 2.75) is 64.1 Å². The maximum absolute atomic E-state index is 11.6. The summed E-state index contributed by atoms with van der Waals surface area (Å²) in [6, 6.07) is 3.86. The molecule has 4 atom stereocenters. The van der Waals surface area contributed by atoms with E-state index in [0.29, 0.717) is 12.5 Å². The molecule has 0 aromatic heterocycles. The van der Waals surface area contributed by atoms with Crippen molar-refractivity contribution in [2.24, 2.45) is 17.5 Å². The zero-order valence-electron chi connectivity index (χ0n) is 19.1. The quantitative estimate of drug-likeness (QED) is 0.125. The van der Waals surface area contributed by atoms with Gasteiger partial charge in [-0.1, -0.05) is 19.9 Å². The summed E-state index contributed by atoms with van der Waals surface area (Å²) in [5.41, 5.74) is 6.07. The summed E-state index contributed by atoms with van der Waals surface area (Å²) >= 11 is 0. The number of benzene rings is 1. The Balaban J connectivity index is 2.16. The highest BCUT2D eigenvalue weighted by atomic mass is 17.1. The summed E-state index contributed by atoms with van der Waals surface area (Å²) in [6.45, 7) is 4.69. The zero-order valence-corrected chi connectivity index (χ0v) is 19.1. The van der Waals surface area contributed by atoms with Gasteiger partial charge in [-0.15, -0.1) is 0 Å². The fourth-order valence-corrected chi connectivity index (χ4v) is 3.38. The van der Waals surface area contributed by atoms with Crippen molar-refractivity contribution in [2.75, 3.05) is 6.54 Å². The second-order valence-corrected chi connectivity index (χ2v) is 8.54. The smallest absolute Gasteiger partial charge is 0.333 e. The van der Waals surface area contributed by atoms with E-state index in [1.165, 1.54) is 23.3 Å². The lowest BCUT2D eigenvalue weighted by Crippen LogP contribution is -2.42. The van der Waals surface area contributed by atoms with Gasteiger partial charge in [-0.2, -0.15) is 0 Å². The number of nitrogens with zero attached hydrogens (tertiary/aromatic N) is 2. The molecular formula is C21H32N4O9. The molecule has 1 aliphatic heterocycles. The van der Waals surface area contributed by atoms with E-state index < -0.39 is 41.2 Å². The van der Waals surface area contributed by atoms with Crippen LogP contribution in [0.1, 0.15) is 51.2 Å². The number of aliphatic hydroxyl groups is 1. The van der Waals surface area contributed by atoms with Crippen LogP contribution >= 0.6 is 0 Å². The molecule has 1 aromatic carbocycles. The van der Waals surface area contributed by atoms with Gasteiger partial charge in [0.1, 0.15) is 6.10 Å². The Labute approximate surface area is 196 Å². The standard InChI is InChI=1S/C21H32N4O9/c1-12(2)5-6-24(23)11-14(22)8-18(34-31)13-3-4-17(16(7-13)25(29)30)32-20-10-15(26)9-19(33-20)21(27)28/h3-4,7,11-12,15,18-20,26,31H,5-6,8-10,22-23H2,1-2H3,(H,27,28)/b14-11-. The molecule has 0 bridgehead atoms. The molecular weight excluding hydrogens is 452 g/mol. The number of rotatable bonds is 12. The summed E-state index contributed by atoms with van der Waals surface area (Å²) in [5.74, 6) is 4.88. The van der Waals surface area contributed by atoms with E-state index in [1.54, 1.807) is 0 Å². The monoisotopic (exact) mass is 484 g/mol. The predicted molar refractivity (Wildman–Crippen MR) is 119 cm³/mol. The number of nitrogens with two attached hydrogens (primary N) is 2. The summed E-state index contributed by atoms with van der Waals surface area (Å²) in [5, 5.41) is 41.4. The van der Waals surface area contributed by atoms with E-state index in [9.17, 15) is 25.3 Å². The largest absolute Gasteiger partial charge is 0.479 e. The Kier molecular flexibility index (Phi) is 10.0. The van der Waals surface area contributed by atoms with Crippen LogP contribution in [0.3, 0.4) is 0 Å². The highest BCUT2D eigenvalue weighted by Crippen LogP contribution is 2.35. The maximum Gasteiger partial charge on any atom is 0.333 e. The zero-order chi connectivity index (χ0) is 25.4. The first-order valence-electron chi connectivity index (χ1n) is 10.8. The average Bonchev–Trinajstić information content (AvgIpc) is 2.75. The number of aliphatic hydroxyl groups excluding tert-OH is 1. The molecule has 1 saturated heterocycles. The lowest BCUT2D eigenvalue weighted by Gasteiger charge is -2.30. The molecule has 0 spiro atoms. The summed E-state index contributed by atoms with van der Waals surface area (Å²) < 4.78 is 10.8. The number of nitro benzene ring substituents is 1. The van der Waals surface area contributed by atoms with Crippen LogP contribution in [0.25, 0.3) is 0 Å². The van der Waals surface area contributed by atoms with E-state index >= 15 is 0 Å². The van der Waals surface area contributed by atoms with Crippen molar-refractivity contribution in [1.29, 1.82) is 0 Å². The number of carboxylic acids is 1. The van der Waals surface area contributed by atoms with E-state index in [1.807, 2.05) is 0 Å². The molecule has 0 aliphatic carbocycles. The van der Waals surface area contributed by atoms with Crippen LogP contribution < -0.4 is 16.3 Å². The highest BCUT2D eigenvalue weighted by Gasteiger charge is 2.35. The summed E-state index contributed by atoms with van der Waals surface area (Å²) in [4.78, 5) is 26.6. The lowest BCUT2D eigenvalue weighted by molar-refractivity contribution is -0.386. The Morgan fingerprint density at radius 2 is 2.12 bits per heavy atom. The number of hydrogen-bond donors (Lipinski definition) is 5. The number of carbonyl (C=O) groups is 1. The fraction of sp³-hybridized carbons (Fsp3) is 0.571. The molecule has 13 nitrogen and oxygen atoms in total. The van der Waals surface area contributed by atoms with Gasteiger partial charge in [0, 0.05) is 43.8 Å². The van der Waals surface area contributed by atoms with Gasteiger partial charge in [0.25, 0.3) is 0 Å². The molecule has 0 radical (unpaired) electrons. The van der Waals surface area contributed by atoms with Crippen LogP contribution in [0.2, 0.25) is 0 Å². The second kappa shape index (κ2) is 12.5. The third-order valence-electron chi connectivity index (χ3n) is 5.20. The fourth-order valence-electron chi connectivity index (χ4n) is 3.38. The molecule has 13 heteroatoms. The van der Waals surface area contributed by atoms with Crippen molar-refractivity contribution in [3.63, 3.8) is 0 Å². The highest BCUT2D eigenvalue weighted by molar-refractivity contribution is 5.72. The molecule has 1 aliphatic rings. The van der Waals surface area contributed by atoms with Gasteiger partial charge in [0.2, 0.25) is 6.29 Å². The first kappa shape index (κ1) is 27.3. The van der Waals surface area contributed by atoms with Gasteiger partial charge in [-0.3, -0.25) is 15.4 Å². The number of ether oxygens (including phenoxy) is 2. The van der Waals surface area contributed by atoms with E-state index in [2.05, 4.69) is 18.7 Å². The Morgan fingerprint density at radius 1 is 1.41 bits per heavy atom. The number of carboxylic acid groups (broad SMARTS) is 1. The lowest BCUT2D eigenvalue weighted by atomic mass is 10.0. The van der Waals surface area contributed by atoms with Gasteiger partial charge >= 0.3 is 11.7 Å². The van der Waals surface area contributed by atoms with Gasteiger partial charge in [-0.05, 0) is 24.0 Å². The maximum atomic E-state index is 11.6. The molecule has 0 amide bonds. The number of aliphatic carboxylic acids is 1. The van der Waals surface area contributed by atoms with Crippen LogP contribution in [-0.4, -0.2) is 56.4 Å². The number of nitro groups is 1. The number of hydrazine groups is 1. The minimum absolute atomic E-state index is 0.00145. The van der Waals surface area contributed by atoms with Crippen molar-refractivity contribution >= 4 is 11.7 Å². The van der Waals surface area contributed by atoms with Gasteiger partial charge in [-0.25, -0.2) is 15.5 Å². The molecule has 34 heavy (non-hydrogen) atoms. The molecule has 0 saturated carbocycles. The van der Waals surface area contributed by atoms with E-state index in [4.69, 9.17) is 26.2 Å². The molecule has 1 heterocycles. The first-order valence-corrected chi connectivity index (χ1v) is 10.8. The third kappa shape index (κ3) is 8.11. The molecule has 7 N–H and O–H groups in total. The van der Waals surface area contributed by atoms with Crippen LogP contribution in [0, 0.1) is 16.0 Å². The van der Waals surface area contributed by atoms with Crippen LogP contribution in [0.4, 0.5) is 5.69 Å². The third-order valence-corrected chi connectivity index (χ3v) is 5.20. The number of hydrogen-bond acceptors (Lipinski definition) is 11. The Bertz CT molecular complexity index is 880. The molecule has 4 unspecified atom stereocenters. The molecule has 2 rings (SSSR count). The van der Waals surface area contributed by atoms with Crippen molar-refractivity contribution in [1.82, 2.24) is 5.01 Å². The molecule has 1 fully saturated rings. The Morgan fingerprint density at radius 3 is 2.71 bits per heavy atom. The molecule has 1 aromatic rings.